The van der Waals surface area contributed by atoms with Gasteiger partial charge in [0.1, 0.15) is 0 Å². The summed E-state index contributed by atoms with van der Waals surface area (Å²) in [5, 5.41) is 9.64. The number of thioether (sulfide) groups is 1. The normalized spacial score (nSPS) is 18.6. The van der Waals surface area contributed by atoms with Crippen molar-refractivity contribution in [3.63, 3.8) is 0 Å². The van der Waals surface area contributed by atoms with Gasteiger partial charge in [0.25, 0.3) is 0 Å². The van der Waals surface area contributed by atoms with E-state index in [2.05, 4.69) is 53.8 Å². The number of amides is 2. The third-order valence-corrected chi connectivity index (χ3v) is 9.00. The van der Waals surface area contributed by atoms with Crippen LogP contribution in [0, 0.1) is 5.92 Å². The molecule has 1 aromatic rings. The maximum Gasteiger partial charge on any atom is 0.321 e. The average Bonchev–Trinajstić information content (AvgIpc) is 3.75. The number of carbonyl (C=O) groups is 1. The molecule has 3 fully saturated rings. The summed E-state index contributed by atoms with van der Waals surface area (Å²) >= 11 is 1.91. The number of urea groups is 1. The maximum absolute atomic E-state index is 12.7. The molecule has 0 bridgehead atoms. The zero-order chi connectivity index (χ0) is 28.7. The minimum absolute atomic E-state index is 0.00681. The Kier molecular flexibility index (Phi) is 15.7. The van der Waals surface area contributed by atoms with E-state index in [0.29, 0.717) is 6.04 Å². The van der Waals surface area contributed by atoms with Crippen LogP contribution >= 0.6 is 11.8 Å². The predicted molar refractivity (Wildman–Crippen MR) is 168 cm³/mol. The van der Waals surface area contributed by atoms with Crippen molar-refractivity contribution in [2.75, 3.05) is 52.1 Å². The summed E-state index contributed by atoms with van der Waals surface area (Å²) in [5.74, 6) is 0.950. The predicted octanol–water partition coefficient (Wildman–Crippen LogP) is 5.74. The second-order valence-corrected chi connectivity index (χ2v) is 13.5. The third-order valence-electron chi connectivity index (χ3n) is 7.74. The number of piperidine rings is 2. The number of rotatable bonds is 9. The van der Waals surface area contributed by atoms with Crippen molar-refractivity contribution < 1.29 is 9.50 Å². The molecule has 0 aromatic heterocycles. The van der Waals surface area contributed by atoms with Crippen LogP contribution in [0.15, 0.2) is 29.2 Å². The Balaban J connectivity index is 0.000000405. The first-order valence-corrected chi connectivity index (χ1v) is 15.9. The van der Waals surface area contributed by atoms with Crippen molar-refractivity contribution in [2.45, 2.75) is 101 Å². The molecule has 1 aliphatic carbocycles. The molecule has 2 heterocycles. The first-order valence-electron chi connectivity index (χ1n) is 15.0. The second kappa shape index (κ2) is 18.1. The summed E-state index contributed by atoms with van der Waals surface area (Å²) in [6, 6.07) is 9.41. The number of hydrogen-bond acceptors (Lipinski definition) is 6. The topological polar surface area (TPSA) is 76.7 Å². The van der Waals surface area contributed by atoms with Gasteiger partial charge < -0.3 is 25.8 Å². The van der Waals surface area contributed by atoms with E-state index in [0.717, 1.165) is 50.7 Å². The molecular formula is C30H54BN5O2S. The average molecular weight is 560 g/mol. The van der Waals surface area contributed by atoms with Crippen molar-refractivity contribution in [2.24, 2.45) is 5.92 Å². The van der Waals surface area contributed by atoms with Crippen LogP contribution in [0.4, 0.5) is 10.5 Å². The number of benzene rings is 1. The van der Waals surface area contributed by atoms with Crippen LogP contribution in [0.25, 0.3) is 0 Å². The van der Waals surface area contributed by atoms with E-state index in [1.165, 1.54) is 69.9 Å². The smallest absolute Gasteiger partial charge is 0.321 e. The van der Waals surface area contributed by atoms with Gasteiger partial charge in [0.15, 0.2) is 0 Å². The van der Waals surface area contributed by atoms with Gasteiger partial charge in [-0.15, -0.1) is 11.8 Å². The Morgan fingerprint density at radius 2 is 1.69 bits per heavy atom. The van der Waals surface area contributed by atoms with Gasteiger partial charge in [-0.05, 0) is 95.3 Å². The molecule has 2 saturated heterocycles. The molecule has 220 valence electrons. The molecule has 3 N–H and O–H groups in total. The third kappa shape index (κ3) is 13.7. The quantitative estimate of drug-likeness (QED) is 0.265. The Labute approximate surface area is 243 Å². The number of nitrogens with zero attached hydrogens (tertiary/aromatic N) is 2. The van der Waals surface area contributed by atoms with Gasteiger partial charge in [0.2, 0.25) is 0 Å². The van der Waals surface area contributed by atoms with Crippen molar-refractivity contribution in [3.8, 4) is 0 Å². The van der Waals surface area contributed by atoms with Gasteiger partial charge in [-0.3, -0.25) is 0 Å². The Bertz CT molecular complexity index is 823. The molecule has 9 heteroatoms. The van der Waals surface area contributed by atoms with E-state index < -0.39 is 0 Å². The van der Waals surface area contributed by atoms with E-state index in [1.54, 1.807) is 0 Å². The molecule has 1 saturated carbocycles. The summed E-state index contributed by atoms with van der Waals surface area (Å²) in [4.78, 5) is 18.4. The van der Waals surface area contributed by atoms with Crippen LogP contribution in [0.5, 0.6) is 0 Å². The molecule has 7 nitrogen and oxygen atoms in total. The van der Waals surface area contributed by atoms with E-state index in [9.17, 15) is 4.79 Å². The Morgan fingerprint density at radius 3 is 2.18 bits per heavy atom. The van der Waals surface area contributed by atoms with Gasteiger partial charge >= 0.3 is 24.7 Å². The molecular weight excluding hydrogens is 505 g/mol. The molecule has 0 radical (unpaired) electrons. The molecule has 4 rings (SSSR count). The zero-order valence-electron chi connectivity index (χ0n) is 25.4. The maximum atomic E-state index is 12.7. The van der Waals surface area contributed by atoms with Gasteiger partial charge in [-0.25, -0.2) is 4.79 Å². The molecule has 2 amide bonds. The fourth-order valence-corrected chi connectivity index (χ4v) is 6.44. The minimum Gasteiger partial charge on any atom is -0.325 e. The monoisotopic (exact) mass is 559 g/mol. The largest absolute Gasteiger partial charge is 0.325 e. The Hall–Kier alpha value is -1.42. The standard InChI is InChI=1S/C23H37N3OS.C6H14N2.CH3BO/c1-5-14-23(2,3)28-21-10-8-19(9-11-21)24-22(27)25(4)20-12-15-26(16-13-20)17-18-6-7-18;1-7-6-2-4-8-5-3-6;1-2-3/h8-11,18,20H,5-7,12-17H2,1-4H3,(H,24,27);6-8H,2-5H2,1H3;1H3. The number of hydrogen-bond donors (Lipinski definition) is 3. The Morgan fingerprint density at radius 1 is 1.10 bits per heavy atom. The molecule has 0 atom stereocenters. The van der Waals surface area contributed by atoms with E-state index in [-0.39, 0.29) is 10.8 Å². The molecule has 0 unspecified atom stereocenters. The fraction of sp³-hybridized carbons (Fsp3) is 0.767. The van der Waals surface area contributed by atoms with Crippen LogP contribution in [0.1, 0.15) is 72.1 Å². The van der Waals surface area contributed by atoms with E-state index in [4.69, 9.17) is 4.70 Å². The molecule has 39 heavy (non-hydrogen) atoms. The second-order valence-electron chi connectivity index (χ2n) is 11.7. The molecule has 3 aliphatic rings. The number of anilines is 1. The summed E-state index contributed by atoms with van der Waals surface area (Å²) in [6.07, 6.45) is 9.95. The van der Waals surface area contributed by atoms with E-state index >= 15 is 0 Å². The number of likely N-dealkylation sites (tertiary alicyclic amines) is 1. The van der Waals surface area contributed by atoms with Crippen molar-refractivity contribution >= 4 is 30.6 Å². The van der Waals surface area contributed by atoms with Crippen LogP contribution in [0.2, 0.25) is 6.82 Å². The SMILES string of the molecule is CB=O.CCCC(C)(C)Sc1ccc(NC(=O)N(C)C2CCN(CC3CC3)CC2)cc1.CNC1CCNCC1. The van der Waals surface area contributed by atoms with Gasteiger partial charge in [-0.1, -0.05) is 27.2 Å². The van der Waals surface area contributed by atoms with Crippen LogP contribution < -0.4 is 16.0 Å². The minimum atomic E-state index is 0.00681. The zero-order valence-corrected chi connectivity index (χ0v) is 26.2. The number of nitrogens with one attached hydrogen (secondary N) is 3. The fourth-order valence-electron chi connectivity index (χ4n) is 5.22. The van der Waals surface area contributed by atoms with Gasteiger partial charge in [0, 0.05) is 54.1 Å². The van der Waals surface area contributed by atoms with Crippen LogP contribution in [-0.2, 0) is 4.70 Å². The molecule has 0 spiro atoms. The first kappa shape index (κ1) is 33.8. The number of carbonyl (C=O) groups excluding carboxylic acids is 1. The summed E-state index contributed by atoms with van der Waals surface area (Å²) in [6.45, 7) is 14.1. The van der Waals surface area contributed by atoms with Crippen molar-refractivity contribution in [3.05, 3.63) is 24.3 Å². The van der Waals surface area contributed by atoms with E-state index in [1.807, 2.05) is 42.9 Å². The first-order chi connectivity index (χ1) is 18.7. The summed E-state index contributed by atoms with van der Waals surface area (Å²) in [7, 11) is 4.73. The van der Waals surface area contributed by atoms with Crippen molar-refractivity contribution in [1.82, 2.24) is 20.4 Å². The summed E-state index contributed by atoms with van der Waals surface area (Å²) < 4.78 is 9.05. The van der Waals surface area contributed by atoms with Crippen molar-refractivity contribution in [1.29, 1.82) is 0 Å². The van der Waals surface area contributed by atoms with Crippen LogP contribution in [0.3, 0.4) is 0 Å². The summed E-state index contributed by atoms with van der Waals surface area (Å²) in [5.41, 5.74) is 0.876. The molecule has 1 aromatic carbocycles. The van der Waals surface area contributed by atoms with Gasteiger partial charge in [0.05, 0.1) is 0 Å². The molecule has 2 aliphatic heterocycles. The van der Waals surface area contributed by atoms with Crippen LogP contribution in [-0.4, -0.2) is 86.6 Å². The van der Waals surface area contributed by atoms with Gasteiger partial charge in [-0.2, -0.15) is 0 Å².